The van der Waals surface area contributed by atoms with E-state index in [2.05, 4.69) is 10.6 Å². The van der Waals surface area contributed by atoms with Crippen molar-refractivity contribution in [3.63, 3.8) is 0 Å². The molecule has 1 amide bonds. The Hall–Kier alpha value is -3.18. The van der Waals surface area contributed by atoms with Crippen molar-refractivity contribution in [1.82, 2.24) is 5.32 Å². The molecule has 0 radical (unpaired) electrons. The molecule has 144 valence electrons. The SMILES string of the molecule is Cc1ccc(Oc2ccccc2NC(=O)CNC(C)c2ccccc2F)cc1. The first kappa shape index (κ1) is 19.6. The molecule has 4 nitrogen and oxygen atoms in total. The summed E-state index contributed by atoms with van der Waals surface area (Å²) in [6.07, 6.45) is 0. The summed E-state index contributed by atoms with van der Waals surface area (Å²) < 4.78 is 19.7. The Kier molecular flexibility index (Phi) is 6.40. The number of carbonyl (C=O) groups excluding carboxylic acids is 1. The number of halogens is 1. The highest BCUT2D eigenvalue weighted by Gasteiger charge is 2.13. The third-order valence-electron chi connectivity index (χ3n) is 4.35. The predicted octanol–water partition coefficient (Wildman–Crippen LogP) is 5.22. The van der Waals surface area contributed by atoms with Crippen LogP contribution in [-0.2, 0) is 4.79 Å². The summed E-state index contributed by atoms with van der Waals surface area (Å²) in [7, 11) is 0. The number of carbonyl (C=O) groups is 1. The van der Waals surface area contributed by atoms with E-state index in [9.17, 15) is 9.18 Å². The van der Waals surface area contributed by atoms with Crippen molar-refractivity contribution in [2.24, 2.45) is 0 Å². The predicted molar refractivity (Wildman–Crippen MR) is 109 cm³/mol. The number of anilines is 1. The van der Waals surface area contributed by atoms with Gasteiger partial charge in [0.2, 0.25) is 5.91 Å². The third kappa shape index (κ3) is 5.18. The number of hydrogen-bond acceptors (Lipinski definition) is 3. The second-order valence-corrected chi connectivity index (χ2v) is 6.58. The van der Waals surface area contributed by atoms with Crippen molar-refractivity contribution in [3.05, 3.63) is 89.7 Å². The summed E-state index contributed by atoms with van der Waals surface area (Å²) in [4.78, 5) is 12.4. The van der Waals surface area contributed by atoms with Gasteiger partial charge in [0.05, 0.1) is 12.2 Å². The molecule has 3 aromatic carbocycles. The van der Waals surface area contributed by atoms with Crippen molar-refractivity contribution in [2.45, 2.75) is 19.9 Å². The van der Waals surface area contributed by atoms with Crippen molar-refractivity contribution in [1.29, 1.82) is 0 Å². The zero-order valence-corrected chi connectivity index (χ0v) is 15.9. The van der Waals surface area contributed by atoms with E-state index in [0.717, 1.165) is 5.56 Å². The number of ether oxygens (including phenoxy) is 1. The Morgan fingerprint density at radius 2 is 1.68 bits per heavy atom. The number of para-hydroxylation sites is 2. The van der Waals surface area contributed by atoms with Gasteiger partial charge in [-0.15, -0.1) is 0 Å². The summed E-state index contributed by atoms with van der Waals surface area (Å²) in [6, 6.07) is 21.2. The summed E-state index contributed by atoms with van der Waals surface area (Å²) in [6.45, 7) is 3.88. The summed E-state index contributed by atoms with van der Waals surface area (Å²) in [5.74, 6) is 0.725. The molecular weight excluding hydrogens is 355 g/mol. The largest absolute Gasteiger partial charge is 0.455 e. The molecule has 2 N–H and O–H groups in total. The molecule has 1 atom stereocenters. The van der Waals surface area contributed by atoms with Gasteiger partial charge in [-0.2, -0.15) is 0 Å². The van der Waals surface area contributed by atoms with Gasteiger partial charge in [0.1, 0.15) is 11.6 Å². The Labute approximate surface area is 164 Å². The van der Waals surface area contributed by atoms with E-state index in [1.165, 1.54) is 6.07 Å². The van der Waals surface area contributed by atoms with Gasteiger partial charge in [0.25, 0.3) is 0 Å². The first-order valence-corrected chi connectivity index (χ1v) is 9.14. The van der Waals surface area contributed by atoms with E-state index < -0.39 is 0 Å². The summed E-state index contributed by atoms with van der Waals surface area (Å²) >= 11 is 0. The average molecular weight is 378 g/mol. The van der Waals surface area contributed by atoms with Gasteiger partial charge in [0, 0.05) is 11.6 Å². The third-order valence-corrected chi connectivity index (χ3v) is 4.35. The van der Waals surface area contributed by atoms with E-state index in [1.807, 2.05) is 50.2 Å². The topological polar surface area (TPSA) is 50.4 Å². The molecule has 0 saturated heterocycles. The van der Waals surface area contributed by atoms with Crippen LogP contribution >= 0.6 is 0 Å². The minimum absolute atomic E-state index is 0.0500. The summed E-state index contributed by atoms with van der Waals surface area (Å²) in [5.41, 5.74) is 2.25. The Bertz CT molecular complexity index is 941. The van der Waals surface area contributed by atoms with Crippen LogP contribution in [-0.4, -0.2) is 12.5 Å². The van der Waals surface area contributed by atoms with Crippen LogP contribution in [0.2, 0.25) is 0 Å². The number of nitrogens with one attached hydrogen (secondary N) is 2. The van der Waals surface area contributed by atoms with Crippen molar-refractivity contribution >= 4 is 11.6 Å². The molecule has 5 heteroatoms. The lowest BCUT2D eigenvalue weighted by Crippen LogP contribution is -2.30. The fourth-order valence-electron chi connectivity index (χ4n) is 2.77. The maximum Gasteiger partial charge on any atom is 0.238 e. The molecule has 0 aliphatic carbocycles. The van der Waals surface area contributed by atoms with Crippen LogP contribution in [0.1, 0.15) is 24.1 Å². The van der Waals surface area contributed by atoms with E-state index in [4.69, 9.17) is 4.74 Å². The highest BCUT2D eigenvalue weighted by molar-refractivity contribution is 5.93. The zero-order valence-electron chi connectivity index (χ0n) is 15.9. The molecule has 0 spiro atoms. The minimum Gasteiger partial charge on any atom is -0.455 e. The molecule has 0 heterocycles. The maximum atomic E-state index is 13.8. The lowest BCUT2D eigenvalue weighted by atomic mass is 10.1. The molecule has 1 unspecified atom stereocenters. The molecule has 28 heavy (non-hydrogen) atoms. The first-order chi connectivity index (χ1) is 13.5. The molecule has 0 aliphatic heterocycles. The van der Waals surface area contributed by atoms with E-state index in [1.54, 1.807) is 30.3 Å². The highest BCUT2D eigenvalue weighted by Crippen LogP contribution is 2.29. The lowest BCUT2D eigenvalue weighted by Gasteiger charge is -2.16. The number of aryl methyl sites for hydroxylation is 1. The van der Waals surface area contributed by atoms with Gasteiger partial charge in [-0.25, -0.2) is 4.39 Å². The number of hydrogen-bond donors (Lipinski definition) is 2. The number of rotatable bonds is 7. The quantitative estimate of drug-likeness (QED) is 0.593. The summed E-state index contributed by atoms with van der Waals surface area (Å²) in [5, 5.41) is 5.89. The number of amides is 1. The average Bonchev–Trinajstić information content (AvgIpc) is 2.70. The first-order valence-electron chi connectivity index (χ1n) is 9.14. The van der Waals surface area contributed by atoms with Crippen molar-refractivity contribution in [2.75, 3.05) is 11.9 Å². The standard InChI is InChI=1S/C23H23FN2O2/c1-16-11-13-18(14-12-16)28-22-10-6-5-9-21(22)26-23(27)15-25-17(2)19-7-3-4-8-20(19)24/h3-14,17,25H,15H2,1-2H3,(H,26,27). The van der Waals surface area contributed by atoms with Crippen molar-refractivity contribution < 1.29 is 13.9 Å². The van der Waals surface area contributed by atoms with Crippen LogP contribution in [0.15, 0.2) is 72.8 Å². The van der Waals surface area contributed by atoms with E-state index in [0.29, 0.717) is 22.7 Å². The van der Waals surface area contributed by atoms with Crippen LogP contribution in [0, 0.1) is 12.7 Å². The lowest BCUT2D eigenvalue weighted by molar-refractivity contribution is -0.115. The molecule has 3 rings (SSSR count). The second kappa shape index (κ2) is 9.15. The number of benzene rings is 3. The molecule has 0 saturated carbocycles. The smallest absolute Gasteiger partial charge is 0.238 e. The Morgan fingerprint density at radius 3 is 2.43 bits per heavy atom. The zero-order chi connectivity index (χ0) is 19.9. The maximum absolute atomic E-state index is 13.8. The highest BCUT2D eigenvalue weighted by atomic mass is 19.1. The fourth-order valence-corrected chi connectivity index (χ4v) is 2.77. The molecule has 0 bridgehead atoms. The van der Waals surface area contributed by atoms with E-state index >= 15 is 0 Å². The van der Waals surface area contributed by atoms with Gasteiger partial charge >= 0.3 is 0 Å². The minimum atomic E-state index is -0.292. The van der Waals surface area contributed by atoms with Crippen LogP contribution in [0.3, 0.4) is 0 Å². The monoisotopic (exact) mass is 378 g/mol. The van der Waals surface area contributed by atoms with Gasteiger partial charge in [-0.3, -0.25) is 4.79 Å². The molecular formula is C23H23FN2O2. The van der Waals surface area contributed by atoms with Crippen LogP contribution < -0.4 is 15.4 Å². The van der Waals surface area contributed by atoms with Crippen molar-refractivity contribution in [3.8, 4) is 11.5 Å². The molecule has 0 aliphatic rings. The van der Waals surface area contributed by atoms with Crippen LogP contribution in [0.25, 0.3) is 0 Å². The molecule has 3 aromatic rings. The second-order valence-electron chi connectivity index (χ2n) is 6.58. The normalized spacial score (nSPS) is 11.7. The molecule has 0 aromatic heterocycles. The Morgan fingerprint density at radius 1 is 1.00 bits per heavy atom. The van der Waals surface area contributed by atoms with Gasteiger partial charge in [-0.1, -0.05) is 48.0 Å². The van der Waals surface area contributed by atoms with Gasteiger partial charge in [-0.05, 0) is 44.2 Å². The van der Waals surface area contributed by atoms with Crippen LogP contribution in [0.4, 0.5) is 10.1 Å². The van der Waals surface area contributed by atoms with Gasteiger partial charge < -0.3 is 15.4 Å². The van der Waals surface area contributed by atoms with E-state index in [-0.39, 0.29) is 24.3 Å². The Balaban J connectivity index is 1.61. The molecule has 0 fully saturated rings. The fraction of sp³-hybridized carbons (Fsp3) is 0.174. The van der Waals surface area contributed by atoms with Gasteiger partial charge in [0.15, 0.2) is 5.75 Å². The van der Waals surface area contributed by atoms with Crippen LogP contribution in [0.5, 0.6) is 11.5 Å².